The SMILES string of the molecule is CCCc1nccn1-c1ncccc1CN. The van der Waals surface area contributed by atoms with Gasteiger partial charge in [-0.05, 0) is 12.5 Å². The van der Waals surface area contributed by atoms with Gasteiger partial charge >= 0.3 is 0 Å². The smallest absolute Gasteiger partial charge is 0.142 e. The zero-order chi connectivity index (χ0) is 11.4. The number of hydrogen-bond donors (Lipinski definition) is 1. The van der Waals surface area contributed by atoms with Crippen LogP contribution in [0.2, 0.25) is 0 Å². The first-order chi connectivity index (χ1) is 7.86. The second-order valence-electron chi connectivity index (χ2n) is 3.65. The Labute approximate surface area is 95.1 Å². The summed E-state index contributed by atoms with van der Waals surface area (Å²) in [6.07, 6.45) is 7.55. The fourth-order valence-corrected chi connectivity index (χ4v) is 1.74. The Morgan fingerprint density at radius 1 is 1.31 bits per heavy atom. The zero-order valence-corrected chi connectivity index (χ0v) is 9.43. The lowest BCUT2D eigenvalue weighted by molar-refractivity contribution is 0.790. The first-order valence-corrected chi connectivity index (χ1v) is 5.53. The molecule has 84 valence electrons. The van der Waals surface area contributed by atoms with Crippen molar-refractivity contribution in [1.82, 2.24) is 14.5 Å². The number of nitrogens with two attached hydrogens (primary N) is 1. The van der Waals surface area contributed by atoms with Gasteiger partial charge in [0.25, 0.3) is 0 Å². The van der Waals surface area contributed by atoms with E-state index in [2.05, 4.69) is 16.9 Å². The van der Waals surface area contributed by atoms with E-state index in [1.807, 2.05) is 22.9 Å². The Morgan fingerprint density at radius 3 is 2.94 bits per heavy atom. The van der Waals surface area contributed by atoms with E-state index >= 15 is 0 Å². The van der Waals surface area contributed by atoms with Gasteiger partial charge in [-0.15, -0.1) is 0 Å². The Hall–Kier alpha value is -1.68. The lowest BCUT2D eigenvalue weighted by Crippen LogP contribution is -2.08. The molecule has 0 saturated heterocycles. The van der Waals surface area contributed by atoms with E-state index in [1.54, 1.807) is 12.4 Å². The topological polar surface area (TPSA) is 56.7 Å². The molecule has 4 heteroatoms. The van der Waals surface area contributed by atoms with E-state index in [0.29, 0.717) is 6.54 Å². The molecule has 0 spiro atoms. The molecule has 0 saturated carbocycles. The minimum Gasteiger partial charge on any atom is -0.326 e. The third-order valence-electron chi connectivity index (χ3n) is 2.51. The van der Waals surface area contributed by atoms with Crippen molar-refractivity contribution in [3.05, 3.63) is 42.1 Å². The fourth-order valence-electron chi connectivity index (χ4n) is 1.74. The van der Waals surface area contributed by atoms with Crippen LogP contribution in [0.3, 0.4) is 0 Å². The van der Waals surface area contributed by atoms with Gasteiger partial charge in [0.05, 0.1) is 0 Å². The van der Waals surface area contributed by atoms with Crippen molar-refractivity contribution in [3.8, 4) is 5.82 Å². The van der Waals surface area contributed by atoms with Gasteiger partial charge in [0.1, 0.15) is 11.6 Å². The molecule has 4 nitrogen and oxygen atoms in total. The van der Waals surface area contributed by atoms with Crippen LogP contribution in [-0.2, 0) is 13.0 Å². The second-order valence-corrected chi connectivity index (χ2v) is 3.65. The van der Waals surface area contributed by atoms with Crippen molar-refractivity contribution in [1.29, 1.82) is 0 Å². The van der Waals surface area contributed by atoms with Crippen LogP contribution in [0.4, 0.5) is 0 Å². The average Bonchev–Trinajstić information content (AvgIpc) is 2.77. The van der Waals surface area contributed by atoms with Crippen LogP contribution in [0.1, 0.15) is 24.7 Å². The van der Waals surface area contributed by atoms with Crippen LogP contribution in [0, 0.1) is 0 Å². The van der Waals surface area contributed by atoms with Gasteiger partial charge in [-0.2, -0.15) is 0 Å². The minimum atomic E-state index is 0.493. The van der Waals surface area contributed by atoms with Gasteiger partial charge in [0.2, 0.25) is 0 Å². The summed E-state index contributed by atoms with van der Waals surface area (Å²) < 4.78 is 2.02. The van der Waals surface area contributed by atoms with Gasteiger partial charge < -0.3 is 5.73 Å². The van der Waals surface area contributed by atoms with Crippen LogP contribution in [-0.4, -0.2) is 14.5 Å². The predicted molar refractivity (Wildman–Crippen MR) is 63.2 cm³/mol. The third-order valence-corrected chi connectivity index (χ3v) is 2.51. The number of aryl methyl sites for hydroxylation is 1. The quantitative estimate of drug-likeness (QED) is 0.846. The highest BCUT2D eigenvalue weighted by Gasteiger charge is 2.08. The van der Waals surface area contributed by atoms with Gasteiger partial charge in [-0.3, -0.25) is 4.57 Å². The monoisotopic (exact) mass is 216 g/mol. The maximum atomic E-state index is 5.71. The molecule has 0 aliphatic carbocycles. The molecule has 2 N–H and O–H groups in total. The summed E-state index contributed by atoms with van der Waals surface area (Å²) in [6, 6.07) is 3.90. The molecule has 0 aliphatic rings. The molecule has 0 aromatic carbocycles. The first kappa shape index (κ1) is 10.8. The third kappa shape index (κ3) is 1.97. The average molecular weight is 216 g/mol. The van der Waals surface area contributed by atoms with Gasteiger partial charge in [-0.25, -0.2) is 9.97 Å². The highest BCUT2D eigenvalue weighted by molar-refractivity contribution is 5.34. The Kier molecular flexibility index (Phi) is 3.31. The number of aromatic nitrogens is 3. The zero-order valence-electron chi connectivity index (χ0n) is 9.43. The number of pyridine rings is 1. The fraction of sp³-hybridized carbons (Fsp3) is 0.333. The summed E-state index contributed by atoms with van der Waals surface area (Å²) in [4.78, 5) is 8.72. The van der Waals surface area contributed by atoms with E-state index in [1.165, 1.54) is 0 Å². The summed E-state index contributed by atoms with van der Waals surface area (Å²) in [5.41, 5.74) is 6.75. The minimum absolute atomic E-state index is 0.493. The molecule has 0 radical (unpaired) electrons. The molecular weight excluding hydrogens is 200 g/mol. The van der Waals surface area contributed by atoms with Crippen molar-refractivity contribution < 1.29 is 0 Å². The molecule has 0 amide bonds. The Morgan fingerprint density at radius 2 is 2.19 bits per heavy atom. The van der Waals surface area contributed by atoms with E-state index in [4.69, 9.17) is 5.73 Å². The van der Waals surface area contributed by atoms with E-state index in [0.717, 1.165) is 30.0 Å². The summed E-state index contributed by atoms with van der Waals surface area (Å²) in [5, 5.41) is 0. The van der Waals surface area contributed by atoms with Crippen molar-refractivity contribution >= 4 is 0 Å². The second kappa shape index (κ2) is 4.90. The van der Waals surface area contributed by atoms with Crippen LogP contribution >= 0.6 is 0 Å². The molecule has 0 aliphatic heterocycles. The molecule has 0 bridgehead atoms. The summed E-state index contributed by atoms with van der Waals surface area (Å²) in [6.45, 7) is 2.63. The normalized spacial score (nSPS) is 10.6. The Bertz CT molecular complexity index is 462. The molecule has 0 fully saturated rings. The number of hydrogen-bond acceptors (Lipinski definition) is 3. The lowest BCUT2D eigenvalue weighted by Gasteiger charge is -2.09. The maximum Gasteiger partial charge on any atom is 0.142 e. The standard InChI is InChI=1S/C12H16N4/c1-2-4-11-14-7-8-16(11)12-10(9-13)5-3-6-15-12/h3,5-8H,2,4,9,13H2,1H3. The molecule has 0 unspecified atom stereocenters. The first-order valence-electron chi connectivity index (χ1n) is 5.53. The Balaban J connectivity index is 2.45. The molecule has 0 atom stereocenters. The molecular formula is C12H16N4. The van der Waals surface area contributed by atoms with Crippen LogP contribution in [0.5, 0.6) is 0 Å². The lowest BCUT2D eigenvalue weighted by atomic mass is 10.2. The number of nitrogens with zero attached hydrogens (tertiary/aromatic N) is 3. The van der Waals surface area contributed by atoms with Crippen molar-refractivity contribution in [3.63, 3.8) is 0 Å². The van der Waals surface area contributed by atoms with Crippen molar-refractivity contribution in [2.24, 2.45) is 5.73 Å². The molecule has 2 heterocycles. The molecule has 2 aromatic heterocycles. The van der Waals surface area contributed by atoms with Gasteiger partial charge in [-0.1, -0.05) is 13.0 Å². The largest absolute Gasteiger partial charge is 0.326 e. The summed E-state index contributed by atoms with van der Waals surface area (Å²) in [5.74, 6) is 1.93. The molecule has 16 heavy (non-hydrogen) atoms. The van der Waals surface area contributed by atoms with Crippen LogP contribution < -0.4 is 5.73 Å². The molecule has 2 aromatic rings. The highest BCUT2D eigenvalue weighted by Crippen LogP contribution is 2.13. The molecule has 2 rings (SSSR count). The number of imidazole rings is 1. The summed E-state index contributed by atoms with van der Waals surface area (Å²) >= 11 is 0. The van der Waals surface area contributed by atoms with E-state index in [9.17, 15) is 0 Å². The predicted octanol–water partition coefficient (Wildman–Crippen LogP) is 1.68. The van der Waals surface area contributed by atoms with Gasteiger partial charge in [0, 0.05) is 37.1 Å². The maximum absolute atomic E-state index is 5.71. The van der Waals surface area contributed by atoms with Gasteiger partial charge in [0.15, 0.2) is 0 Å². The van der Waals surface area contributed by atoms with Crippen LogP contribution in [0.15, 0.2) is 30.7 Å². The van der Waals surface area contributed by atoms with E-state index < -0.39 is 0 Å². The van der Waals surface area contributed by atoms with Crippen molar-refractivity contribution in [2.45, 2.75) is 26.3 Å². The van der Waals surface area contributed by atoms with E-state index in [-0.39, 0.29) is 0 Å². The van der Waals surface area contributed by atoms with Crippen LogP contribution in [0.25, 0.3) is 5.82 Å². The van der Waals surface area contributed by atoms with Crippen molar-refractivity contribution in [2.75, 3.05) is 0 Å². The number of rotatable bonds is 4. The summed E-state index contributed by atoms with van der Waals surface area (Å²) in [7, 11) is 0. The highest BCUT2D eigenvalue weighted by atomic mass is 15.1.